The average molecular weight is 274 g/mol. The van der Waals surface area contributed by atoms with Crippen LogP contribution in [0.5, 0.6) is 0 Å². The third kappa shape index (κ3) is 3.43. The minimum Gasteiger partial charge on any atom is -0.324 e. The van der Waals surface area contributed by atoms with Crippen LogP contribution in [0.1, 0.15) is 46.6 Å². The molecule has 2 rings (SSSR count). The Morgan fingerprint density at radius 2 is 1.84 bits per heavy atom. The van der Waals surface area contributed by atoms with Gasteiger partial charge in [0.1, 0.15) is 0 Å². The fourth-order valence-corrected chi connectivity index (χ4v) is 3.29. The molecule has 1 unspecified atom stereocenters. The Labute approximate surface area is 119 Å². The van der Waals surface area contributed by atoms with Crippen molar-refractivity contribution < 1.29 is 0 Å². The van der Waals surface area contributed by atoms with Crippen LogP contribution in [0.2, 0.25) is 0 Å². The van der Waals surface area contributed by atoms with Crippen LogP contribution < -0.4 is 5.73 Å². The molecule has 0 aliphatic carbocycles. The summed E-state index contributed by atoms with van der Waals surface area (Å²) in [5, 5.41) is 1.15. The summed E-state index contributed by atoms with van der Waals surface area (Å²) in [4.78, 5) is 5.99. The molecule has 2 N–H and O–H groups in total. The highest BCUT2D eigenvalue weighted by molar-refractivity contribution is 7.11. The number of nitrogens with zero attached hydrogens (tertiary/aromatic N) is 1. The van der Waals surface area contributed by atoms with Gasteiger partial charge in [-0.1, -0.05) is 38.1 Å². The van der Waals surface area contributed by atoms with Crippen LogP contribution in [0.4, 0.5) is 0 Å². The molecule has 0 bridgehead atoms. The molecule has 102 valence electrons. The minimum absolute atomic E-state index is 0.0427. The Kier molecular flexibility index (Phi) is 4.72. The number of hydrogen-bond acceptors (Lipinski definition) is 3. The van der Waals surface area contributed by atoms with E-state index in [0.717, 1.165) is 24.3 Å². The molecule has 0 aliphatic heterocycles. The van der Waals surface area contributed by atoms with Gasteiger partial charge in [-0.2, -0.15) is 0 Å². The van der Waals surface area contributed by atoms with Gasteiger partial charge in [-0.15, -0.1) is 11.3 Å². The van der Waals surface area contributed by atoms with E-state index in [1.807, 2.05) is 0 Å². The standard InChI is InChI=1S/C16H22N2S/c1-4-12-6-8-13(9-7-12)14(17)10-16-18-15(5-2)11(3)19-16/h6-9,14H,4-5,10,17H2,1-3H3. The maximum atomic E-state index is 6.29. The van der Waals surface area contributed by atoms with E-state index in [2.05, 4.69) is 50.0 Å². The quantitative estimate of drug-likeness (QED) is 0.900. The van der Waals surface area contributed by atoms with Crippen molar-refractivity contribution in [2.75, 3.05) is 0 Å². The van der Waals surface area contributed by atoms with Crippen molar-refractivity contribution in [3.05, 3.63) is 51.0 Å². The van der Waals surface area contributed by atoms with Crippen molar-refractivity contribution in [2.24, 2.45) is 5.73 Å². The molecule has 2 nitrogen and oxygen atoms in total. The van der Waals surface area contributed by atoms with Crippen LogP contribution in [0.3, 0.4) is 0 Å². The monoisotopic (exact) mass is 274 g/mol. The molecular weight excluding hydrogens is 252 g/mol. The average Bonchev–Trinajstić information content (AvgIpc) is 2.78. The van der Waals surface area contributed by atoms with Gasteiger partial charge in [0.15, 0.2) is 0 Å². The summed E-state index contributed by atoms with van der Waals surface area (Å²) in [5.74, 6) is 0. The first-order valence-corrected chi connectivity index (χ1v) is 7.75. The van der Waals surface area contributed by atoms with Gasteiger partial charge in [0.25, 0.3) is 0 Å². The zero-order valence-electron chi connectivity index (χ0n) is 11.9. The number of hydrogen-bond donors (Lipinski definition) is 1. The summed E-state index contributed by atoms with van der Waals surface area (Å²) >= 11 is 1.78. The summed E-state index contributed by atoms with van der Waals surface area (Å²) in [6.07, 6.45) is 2.90. The van der Waals surface area contributed by atoms with Gasteiger partial charge in [-0.25, -0.2) is 4.98 Å². The van der Waals surface area contributed by atoms with Crippen molar-refractivity contribution in [1.82, 2.24) is 4.98 Å². The summed E-state index contributed by atoms with van der Waals surface area (Å²) < 4.78 is 0. The van der Waals surface area contributed by atoms with Gasteiger partial charge >= 0.3 is 0 Å². The van der Waals surface area contributed by atoms with E-state index in [1.165, 1.54) is 21.7 Å². The Balaban J connectivity index is 2.08. The molecular formula is C16H22N2S. The molecule has 1 heterocycles. The van der Waals surface area contributed by atoms with E-state index in [-0.39, 0.29) is 6.04 Å². The van der Waals surface area contributed by atoms with Gasteiger partial charge < -0.3 is 5.73 Å². The number of benzene rings is 1. The van der Waals surface area contributed by atoms with Crippen molar-refractivity contribution in [1.29, 1.82) is 0 Å². The second kappa shape index (κ2) is 6.31. The number of rotatable bonds is 5. The second-order valence-electron chi connectivity index (χ2n) is 4.87. The molecule has 3 heteroatoms. The first kappa shape index (κ1) is 14.2. The molecule has 1 aromatic carbocycles. The molecule has 19 heavy (non-hydrogen) atoms. The number of thiazole rings is 1. The van der Waals surface area contributed by atoms with Gasteiger partial charge in [0.05, 0.1) is 10.7 Å². The van der Waals surface area contributed by atoms with Crippen molar-refractivity contribution in [3.8, 4) is 0 Å². The van der Waals surface area contributed by atoms with Crippen LogP contribution in [0.15, 0.2) is 24.3 Å². The van der Waals surface area contributed by atoms with Crippen LogP contribution in [0.25, 0.3) is 0 Å². The fraction of sp³-hybridized carbons (Fsp3) is 0.438. The molecule has 2 aromatic rings. The van der Waals surface area contributed by atoms with Crippen molar-refractivity contribution in [2.45, 2.75) is 46.1 Å². The molecule has 0 spiro atoms. The normalized spacial score (nSPS) is 12.6. The van der Waals surface area contributed by atoms with Gasteiger partial charge in [0, 0.05) is 17.3 Å². The molecule has 0 saturated heterocycles. The van der Waals surface area contributed by atoms with E-state index in [9.17, 15) is 0 Å². The maximum absolute atomic E-state index is 6.29. The van der Waals surface area contributed by atoms with E-state index < -0.39 is 0 Å². The van der Waals surface area contributed by atoms with Gasteiger partial charge in [0.2, 0.25) is 0 Å². The SMILES string of the molecule is CCc1ccc(C(N)Cc2nc(CC)c(C)s2)cc1. The molecule has 0 saturated carbocycles. The highest BCUT2D eigenvalue weighted by Gasteiger charge is 2.12. The first-order chi connectivity index (χ1) is 9.13. The lowest BCUT2D eigenvalue weighted by Crippen LogP contribution is -2.13. The Bertz CT molecular complexity index is 528. The zero-order chi connectivity index (χ0) is 13.8. The summed E-state index contributed by atoms with van der Waals surface area (Å²) in [7, 11) is 0. The lowest BCUT2D eigenvalue weighted by molar-refractivity contribution is 0.715. The van der Waals surface area contributed by atoms with Gasteiger partial charge in [-0.05, 0) is 30.9 Å². The third-order valence-electron chi connectivity index (χ3n) is 3.48. The van der Waals surface area contributed by atoms with Gasteiger partial charge in [-0.3, -0.25) is 0 Å². The number of nitrogens with two attached hydrogens (primary N) is 1. The first-order valence-electron chi connectivity index (χ1n) is 6.93. The van der Waals surface area contributed by atoms with Crippen molar-refractivity contribution >= 4 is 11.3 Å². The van der Waals surface area contributed by atoms with Crippen LogP contribution >= 0.6 is 11.3 Å². The van der Waals surface area contributed by atoms with Crippen LogP contribution in [-0.2, 0) is 19.3 Å². The summed E-state index contributed by atoms with van der Waals surface area (Å²) in [6.45, 7) is 6.45. The molecule has 0 aliphatic rings. The Morgan fingerprint density at radius 1 is 1.16 bits per heavy atom. The number of aromatic nitrogens is 1. The predicted octanol–water partition coefficient (Wildman–Crippen LogP) is 3.82. The smallest absolute Gasteiger partial charge is 0.0949 e. The summed E-state index contributed by atoms with van der Waals surface area (Å²) in [5.41, 5.74) is 10.1. The second-order valence-corrected chi connectivity index (χ2v) is 6.16. The Hall–Kier alpha value is -1.19. The number of aryl methyl sites for hydroxylation is 3. The molecule has 1 aromatic heterocycles. The topological polar surface area (TPSA) is 38.9 Å². The maximum Gasteiger partial charge on any atom is 0.0949 e. The Morgan fingerprint density at radius 3 is 2.37 bits per heavy atom. The van der Waals surface area contributed by atoms with E-state index in [0.29, 0.717) is 0 Å². The zero-order valence-corrected chi connectivity index (χ0v) is 12.8. The van der Waals surface area contributed by atoms with Crippen molar-refractivity contribution in [3.63, 3.8) is 0 Å². The van der Waals surface area contributed by atoms with Crippen LogP contribution in [-0.4, -0.2) is 4.98 Å². The highest BCUT2D eigenvalue weighted by atomic mass is 32.1. The van der Waals surface area contributed by atoms with E-state index in [1.54, 1.807) is 11.3 Å². The van der Waals surface area contributed by atoms with E-state index in [4.69, 9.17) is 5.73 Å². The molecule has 0 fully saturated rings. The van der Waals surface area contributed by atoms with E-state index >= 15 is 0 Å². The third-order valence-corrected chi connectivity index (χ3v) is 4.52. The van der Waals surface area contributed by atoms with Crippen LogP contribution in [0, 0.1) is 6.92 Å². The fourth-order valence-electron chi connectivity index (χ4n) is 2.21. The predicted molar refractivity (Wildman–Crippen MR) is 82.7 cm³/mol. The lowest BCUT2D eigenvalue weighted by atomic mass is 10.0. The molecule has 0 amide bonds. The minimum atomic E-state index is 0.0427. The molecule has 0 radical (unpaired) electrons. The molecule has 1 atom stereocenters. The highest BCUT2D eigenvalue weighted by Crippen LogP contribution is 2.23. The largest absolute Gasteiger partial charge is 0.324 e. The lowest BCUT2D eigenvalue weighted by Gasteiger charge is -2.10. The summed E-state index contributed by atoms with van der Waals surface area (Å²) in [6, 6.07) is 8.66.